The normalized spacial score (nSPS) is 22.4. The fourth-order valence-electron chi connectivity index (χ4n) is 5.63. The van der Waals surface area contributed by atoms with E-state index in [9.17, 15) is 9.59 Å². The maximum absolute atomic E-state index is 13.7. The topological polar surface area (TPSA) is 43.9 Å². The Bertz CT molecular complexity index is 988. The smallest absolute Gasteiger partial charge is 0.324 e. The minimum absolute atomic E-state index is 0.0777. The molecule has 31 heavy (non-hydrogen) atoms. The molecule has 0 bridgehead atoms. The van der Waals surface area contributed by atoms with Crippen molar-refractivity contribution >= 4 is 17.6 Å². The molecule has 0 spiro atoms. The number of para-hydroxylation sites is 1. The highest BCUT2D eigenvalue weighted by Gasteiger charge is 2.36. The van der Waals surface area contributed by atoms with Gasteiger partial charge in [-0.25, -0.2) is 4.79 Å². The summed E-state index contributed by atoms with van der Waals surface area (Å²) in [6.07, 6.45) is 5.77. The van der Waals surface area contributed by atoms with Gasteiger partial charge in [-0.05, 0) is 54.9 Å². The van der Waals surface area contributed by atoms with Gasteiger partial charge in [0, 0.05) is 44.7 Å². The minimum Gasteiger partial charge on any atom is -0.343 e. The molecule has 2 heterocycles. The van der Waals surface area contributed by atoms with Crippen molar-refractivity contribution in [2.75, 3.05) is 31.6 Å². The van der Waals surface area contributed by atoms with Gasteiger partial charge in [0.15, 0.2) is 0 Å². The second kappa shape index (κ2) is 8.37. The van der Waals surface area contributed by atoms with Crippen LogP contribution in [-0.4, -0.2) is 48.4 Å². The lowest BCUT2D eigenvalue weighted by molar-refractivity contribution is -0.127. The molecule has 3 amide bonds. The molecule has 162 valence electrons. The average molecular weight is 418 g/mol. The van der Waals surface area contributed by atoms with Crippen LogP contribution in [0.1, 0.15) is 60.8 Å². The molecular formula is C26H31N3O2. The van der Waals surface area contributed by atoms with Crippen LogP contribution in [0.15, 0.2) is 48.5 Å². The van der Waals surface area contributed by atoms with Gasteiger partial charge in [0.1, 0.15) is 0 Å². The predicted molar refractivity (Wildman–Crippen MR) is 122 cm³/mol. The first-order valence-electron chi connectivity index (χ1n) is 11.6. The standard InChI is InChI=1S/C26H31N3O2/c1-27(23-13-6-9-19-8-2-3-10-21(19)23)26(31)29-18-20(22-11-4-5-12-24(22)29)15-17-28-16-7-14-25(28)30/h2-5,8,10-12,20,23H,6-7,9,13-18H2,1H3. The third kappa shape index (κ3) is 3.71. The van der Waals surface area contributed by atoms with E-state index in [0.29, 0.717) is 13.0 Å². The Hall–Kier alpha value is -2.82. The zero-order valence-corrected chi connectivity index (χ0v) is 18.3. The number of hydrogen-bond acceptors (Lipinski definition) is 2. The van der Waals surface area contributed by atoms with Gasteiger partial charge in [0.25, 0.3) is 0 Å². The highest BCUT2D eigenvalue weighted by Crippen LogP contribution is 2.40. The monoisotopic (exact) mass is 417 g/mol. The van der Waals surface area contributed by atoms with Crippen molar-refractivity contribution in [3.63, 3.8) is 0 Å². The summed E-state index contributed by atoms with van der Waals surface area (Å²) in [5.41, 5.74) is 4.93. The Morgan fingerprint density at radius 3 is 2.61 bits per heavy atom. The summed E-state index contributed by atoms with van der Waals surface area (Å²) < 4.78 is 0. The molecule has 0 aromatic heterocycles. The zero-order chi connectivity index (χ0) is 21.4. The molecular weight excluding hydrogens is 386 g/mol. The van der Waals surface area contributed by atoms with Crippen molar-refractivity contribution in [1.82, 2.24) is 9.80 Å². The fraction of sp³-hybridized carbons (Fsp3) is 0.462. The Morgan fingerprint density at radius 1 is 1.03 bits per heavy atom. The third-order valence-corrected chi connectivity index (χ3v) is 7.33. The Kier molecular flexibility index (Phi) is 5.43. The SMILES string of the molecule is CN(C(=O)N1CC(CCN2CCCC2=O)c2ccccc21)C1CCCc2ccccc21. The van der Waals surface area contributed by atoms with Gasteiger partial charge in [0.2, 0.25) is 5.91 Å². The Balaban J connectivity index is 1.34. The highest BCUT2D eigenvalue weighted by molar-refractivity contribution is 5.95. The van der Waals surface area contributed by atoms with Gasteiger partial charge in [-0.15, -0.1) is 0 Å². The van der Waals surface area contributed by atoms with Crippen LogP contribution >= 0.6 is 0 Å². The van der Waals surface area contributed by atoms with Crippen molar-refractivity contribution in [2.45, 2.75) is 50.5 Å². The van der Waals surface area contributed by atoms with Gasteiger partial charge in [-0.3, -0.25) is 9.69 Å². The molecule has 2 aliphatic heterocycles. The molecule has 3 aliphatic rings. The summed E-state index contributed by atoms with van der Waals surface area (Å²) in [7, 11) is 1.95. The molecule has 2 unspecified atom stereocenters. The molecule has 5 rings (SSSR count). The maximum atomic E-state index is 13.7. The number of likely N-dealkylation sites (tertiary alicyclic amines) is 1. The summed E-state index contributed by atoms with van der Waals surface area (Å²) >= 11 is 0. The van der Waals surface area contributed by atoms with Crippen LogP contribution in [0.4, 0.5) is 10.5 Å². The molecule has 5 heteroatoms. The van der Waals surface area contributed by atoms with Crippen LogP contribution in [0, 0.1) is 0 Å². The molecule has 2 aromatic carbocycles. The molecule has 2 aromatic rings. The molecule has 1 aliphatic carbocycles. The van der Waals surface area contributed by atoms with Crippen LogP contribution in [-0.2, 0) is 11.2 Å². The number of aryl methyl sites for hydroxylation is 1. The van der Waals surface area contributed by atoms with E-state index < -0.39 is 0 Å². The minimum atomic E-state index is 0.0777. The van der Waals surface area contributed by atoms with Gasteiger partial charge in [-0.2, -0.15) is 0 Å². The van der Waals surface area contributed by atoms with Gasteiger partial charge >= 0.3 is 6.03 Å². The molecule has 2 atom stereocenters. The predicted octanol–water partition coefficient (Wildman–Crippen LogP) is 4.73. The van der Waals surface area contributed by atoms with Crippen molar-refractivity contribution in [3.8, 4) is 0 Å². The number of carbonyl (C=O) groups excluding carboxylic acids is 2. The zero-order valence-electron chi connectivity index (χ0n) is 18.3. The molecule has 1 fully saturated rings. The average Bonchev–Trinajstić information content (AvgIpc) is 3.39. The molecule has 5 nitrogen and oxygen atoms in total. The van der Waals surface area contributed by atoms with E-state index in [1.807, 2.05) is 27.8 Å². The summed E-state index contributed by atoms with van der Waals surface area (Å²) in [6.45, 7) is 2.35. The van der Waals surface area contributed by atoms with Crippen molar-refractivity contribution in [3.05, 3.63) is 65.2 Å². The number of rotatable bonds is 4. The number of amides is 3. The van der Waals surface area contributed by atoms with Crippen LogP contribution in [0.25, 0.3) is 0 Å². The Labute approximate surface area is 184 Å². The van der Waals surface area contributed by atoms with E-state index in [-0.39, 0.29) is 23.9 Å². The lowest BCUT2D eigenvalue weighted by Gasteiger charge is -2.35. The molecule has 0 N–H and O–H groups in total. The highest BCUT2D eigenvalue weighted by atomic mass is 16.2. The summed E-state index contributed by atoms with van der Waals surface area (Å²) in [6, 6.07) is 17.0. The first-order valence-corrected chi connectivity index (χ1v) is 11.6. The summed E-state index contributed by atoms with van der Waals surface area (Å²) in [5, 5.41) is 0. The molecule has 0 saturated carbocycles. The van der Waals surface area contributed by atoms with E-state index in [2.05, 4.69) is 42.5 Å². The number of anilines is 1. The summed E-state index contributed by atoms with van der Waals surface area (Å²) in [5.74, 6) is 0.551. The molecule has 1 saturated heterocycles. The second-order valence-corrected chi connectivity index (χ2v) is 9.14. The summed E-state index contributed by atoms with van der Waals surface area (Å²) in [4.78, 5) is 31.6. The number of urea groups is 1. The van der Waals surface area contributed by atoms with Crippen molar-refractivity contribution < 1.29 is 9.59 Å². The maximum Gasteiger partial charge on any atom is 0.324 e. The first kappa shape index (κ1) is 20.1. The van der Waals surface area contributed by atoms with Gasteiger partial charge in [-0.1, -0.05) is 42.5 Å². The number of benzene rings is 2. The number of carbonyl (C=O) groups is 2. The van der Waals surface area contributed by atoms with Gasteiger partial charge < -0.3 is 9.80 Å². The Morgan fingerprint density at radius 2 is 1.81 bits per heavy atom. The fourth-order valence-corrected chi connectivity index (χ4v) is 5.63. The number of hydrogen-bond donors (Lipinski definition) is 0. The molecule has 0 radical (unpaired) electrons. The van der Waals surface area contributed by atoms with E-state index in [1.54, 1.807) is 0 Å². The first-order chi connectivity index (χ1) is 15.1. The van der Waals surface area contributed by atoms with Crippen LogP contribution < -0.4 is 4.90 Å². The second-order valence-electron chi connectivity index (χ2n) is 9.14. The largest absolute Gasteiger partial charge is 0.343 e. The van der Waals surface area contributed by atoms with E-state index in [4.69, 9.17) is 0 Å². The number of nitrogens with zero attached hydrogens (tertiary/aromatic N) is 3. The van der Waals surface area contributed by atoms with Crippen molar-refractivity contribution in [2.24, 2.45) is 0 Å². The third-order valence-electron chi connectivity index (χ3n) is 7.33. The van der Waals surface area contributed by atoms with Gasteiger partial charge in [0.05, 0.1) is 6.04 Å². The lowest BCUT2D eigenvalue weighted by atomic mass is 9.87. The quantitative estimate of drug-likeness (QED) is 0.722. The van der Waals surface area contributed by atoms with Crippen LogP contribution in [0.3, 0.4) is 0 Å². The van der Waals surface area contributed by atoms with Crippen molar-refractivity contribution in [1.29, 1.82) is 0 Å². The lowest BCUT2D eigenvalue weighted by Crippen LogP contribution is -2.43. The van der Waals surface area contributed by atoms with E-state index >= 15 is 0 Å². The van der Waals surface area contributed by atoms with Crippen LogP contribution in [0.5, 0.6) is 0 Å². The van der Waals surface area contributed by atoms with Crippen LogP contribution in [0.2, 0.25) is 0 Å². The van der Waals surface area contributed by atoms with E-state index in [0.717, 1.165) is 50.9 Å². The van der Waals surface area contributed by atoms with E-state index in [1.165, 1.54) is 16.7 Å². The number of fused-ring (bicyclic) bond motifs is 2.